The molecule has 0 fully saturated rings. The molecule has 0 aliphatic heterocycles. The molecule has 2 rings (SSSR count). The molecule has 0 atom stereocenters. The summed E-state index contributed by atoms with van der Waals surface area (Å²) in [6.45, 7) is -0.0279. The van der Waals surface area contributed by atoms with Gasteiger partial charge in [0.1, 0.15) is 17.3 Å². The molecular formula is C17H16F3NO3. The monoisotopic (exact) mass is 339 g/mol. The number of amides is 1. The molecule has 0 aliphatic carbocycles. The molecule has 0 saturated carbocycles. The van der Waals surface area contributed by atoms with E-state index in [4.69, 9.17) is 10.5 Å². The Morgan fingerprint density at radius 2 is 1.88 bits per heavy atom. The van der Waals surface area contributed by atoms with Crippen LogP contribution in [0.3, 0.4) is 0 Å². The van der Waals surface area contributed by atoms with Crippen molar-refractivity contribution in [2.45, 2.75) is 19.0 Å². The van der Waals surface area contributed by atoms with Gasteiger partial charge < -0.3 is 15.2 Å². The Hall–Kier alpha value is -2.70. The lowest BCUT2D eigenvalue weighted by Gasteiger charge is -2.19. The molecule has 0 bridgehead atoms. The van der Waals surface area contributed by atoms with Crippen molar-refractivity contribution in [3.8, 4) is 11.5 Å². The van der Waals surface area contributed by atoms with Gasteiger partial charge in [-0.15, -0.1) is 0 Å². The molecule has 0 aliphatic rings. The van der Waals surface area contributed by atoms with Crippen LogP contribution in [0.1, 0.15) is 23.2 Å². The first-order chi connectivity index (χ1) is 11.4. The summed E-state index contributed by atoms with van der Waals surface area (Å²) in [4.78, 5) is 11.2. The third-order valence-electron chi connectivity index (χ3n) is 3.09. The number of para-hydroxylation sites is 1. The fourth-order valence-corrected chi connectivity index (χ4v) is 2.00. The van der Waals surface area contributed by atoms with Gasteiger partial charge in [0.15, 0.2) is 0 Å². The lowest BCUT2D eigenvalue weighted by molar-refractivity contribution is -0.182. The molecule has 0 heterocycles. The summed E-state index contributed by atoms with van der Waals surface area (Å²) in [5.41, 5.74) is 5.00. The smallest absolute Gasteiger partial charge is 0.397 e. The normalized spacial score (nSPS) is 11.1. The molecule has 4 nitrogen and oxygen atoms in total. The Morgan fingerprint density at radius 1 is 1.12 bits per heavy atom. The van der Waals surface area contributed by atoms with Gasteiger partial charge in [-0.05, 0) is 30.7 Å². The highest BCUT2D eigenvalue weighted by Crippen LogP contribution is 2.28. The number of carbonyl (C=O) groups is 1. The van der Waals surface area contributed by atoms with Gasteiger partial charge in [0, 0.05) is 6.07 Å². The van der Waals surface area contributed by atoms with Crippen LogP contribution in [0.2, 0.25) is 0 Å². The molecule has 2 N–H and O–H groups in total. The van der Waals surface area contributed by atoms with Crippen molar-refractivity contribution in [1.82, 2.24) is 0 Å². The summed E-state index contributed by atoms with van der Waals surface area (Å²) in [5.74, 6) is -1.33. The minimum atomic E-state index is -3.49. The lowest BCUT2D eigenvalue weighted by atomic mass is 10.2. The number of hydrogen-bond acceptors (Lipinski definition) is 3. The molecule has 0 aromatic heterocycles. The second kappa shape index (κ2) is 7.72. The predicted octanol–water partition coefficient (Wildman–Crippen LogP) is 3.76. The minimum Gasteiger partial charge on any atom is -0.493 e. The van der Waals surface area contributed by atoms with E-state index in [-0.39, 0.29) is 30.1 Å². The van der Waals surface area contributed by atoms with Crippen molar-refractivity contribution in [3.63, 3.8) is 0 Å². The first-order valence-electron chi connectivity index (χ1n) is 7.21. The van der Waals surface area contributed by atoms with E-state index < -0.39 is 24.3 Å². The number of benzene rings is 2. The summed E-state index contributed by atoms with van der Waals surface area (Å²) >= 11 is 0. The highest BCUT2D eigenvalue weighted by Gasteiger charge is 2.32. The highest BCUT2D eigenvalue weighted by atomic mass is 19.3. The standard InChI is InChI=1S/C17H16F3NO3/c18-12-5-3-6-13(11-12)23-10-4-9-17(19,20)24-15-8-2-1-7-14(15)16(21)22/h1-3,5-8,11H,4,9-10H2,(H2,21,22). The molecule has 0 spiro atoms. The molecule has 0 unspecified atom stereocenters. The Morgan fingerprint density at radius 3 is 2.58 bits per heavy atom. The van der Waals surface area contributed by atoms with Crippen molar-refractivity contribution in [3.05, 3.63) is 59.9 Å². The molecule has 7 heteroatoms. The van der Waals surface area contributed by atoms with Crippen molar-refractivity contribution >= 4 is 5.91 Å². The Labute approximate surface area is 137 Å². The highest BCUT2D eigenvalue weighted by molar-refractivity contribution is 5.95. The number of hydrogen-bond donors (Lipinski definition) is 1. The Balaban J connectivity index is 1.86. The Bertz CT molecular complexity index is 707. The van der Waals surface area contributed by atoms with E-state index in [2.05, 4.69) is 4.74 Å². The number of carbonyl (C=O) groups excluding carboxylic acids is 1. The number of primary amides is 1. The maximum atomic E-state index is 13.9. The van der Waals surface area contributed by atoms with E-state index in [0.29, 0.717) is 0 Å². The van der Waals surface area contributed by atoms with Crippen LogP contribution < -0.4 is 15.2 Å². The Kier molecular flexibility index (Phi) is 5.68. The van der Waals surface area contributed by atoms with Crippen LogP contribution >= 0.6 is 0 Å². The quantitative estimate of drug-likeness (QED) is 0.745. The fraction of sp³-hybridized carbons (Fsp3) is 0.235. The van der Waals surface area contributed by atoms with Gasteiger partial charge in [0.05, 0.1) is 18.6 Å². The maximum Gasteiger partial charge on any atom is 0.397 e. The lowest BCUT2D eigenvalue weighted by Crippen LogP contribution is -2.27. The molecule has 0 saturated heterocycles. The summed E-state index contributed by atoms with van der Waals surface area (Å²) in [7, 11) is 0. The van der Waals surface area contributed by atoms with E-state index >= 15 is 0 Å². The largest absolute Gasteiger partial charge is 0.493 e. The van der Waals surface area contributed by atoms with Crippen LogP contribution in [0.5, 0.6) is 11.5 Å². The SMILES string of the molecule is NC(=O)c1ccccc1OC(F)(F)CCCOc1cccc(F)c1. The number of alkyl halides is 2. The van der Waals surface area contributed by atoms with Crippen LogP contribution in [0.25, 0.3) is 0 Å². The van der Waals surface area contributed by atoms with Gasteiger partial charge in [-0.25, -0.2) is 4.39 Å². The van der Waals surface area contributed by atoms with Gasteiger partial charge >= 0.3 is 6.11 Å². The zero-order valence-electron chi connectivity index (χ0n) is 12.7. The summed E-state index contributed by atoms with van der Waals surface area (Å²) in [5, 5.41) is 0. The second-order valence-electron chi connectivity index (χ2n) is 5.01. The zero-order valence-corrected chi connectivity index (χ0v) is 12.7. The number of ether oxygens (including phenoxy) is 2. The molecule has 2 aromatic carbocycles. The topological polar surface area (TPSA) is 61.6 Å². The third-order valence-corrected chi connectivity index (χ3v) is 3.09. The average molecular weight is 339 g/mol. The maximum absolute atomic E-state index is 13.9. The molecule has 128 valence electrons. The van der Waals surface area contributed by atoms with Crippen molar-refractivity contribution in [1.29, 1.82) is 0 Å². The summed E-state index contributed by atoms with van der Waals surface area (Å²) in [6.07, 6.45) is -4.14. The minimum absolute atomic E-state index is 0.0255. The number of rotatable bonds is 8. The van der Waals surface area contributed by atoms with Crippen LogP contribution in [0, 0.1) is 5.82 Å². The van der Waals surface area contributed by atoms with Crippen LogP contribution in [-0.2, 0) is 0 Å². The zero-order chi connectivity index (χ0) is 17.6. The van der Waals surface area contributed by atoms with Gasteiger partial charge in [0.2, 0.25) is 0 Å². The first-order valence-corrected chi connectivity index (χ1v) is 7.21. The van der Waals surface area contributed by atoms with Crippen molar-refractivity contribution < 1.29 is 27.4 Å². The van der Waals surface area contributed by atoms with Gasteiger partial charge in [-0.1, -0.05) is 18.2 Å². The summed E-state index contributed by atoms with van der Waals surface area (Å²) in [6, 6.07) is 10.9. The fourth-order valence-electron chi connectivity index (χ4n) is 2.00. The van der Waals surface area contributed by atoms with E-state index in [1.807, 2.05) is 0 Å². The number of halogens is 3. The average Bonchev–Trinajstić information content (AvgIpc) is 2.51. The molecule has 1 amide bonds. The van der Waals surface area contributed by atoms with Gasteiger partial charge in [-0.3, -0.25) is 4.79 Å². The van der Waals surface area contributed by atoms with E-state index in [1.165, 1.54) is 42.5 Å². The molecule has 24 heavy (non-hydrogen) atoms. The van der Waals surface area contributed by atoms with Crippen LogP contribution in [-0.4, -0.2) is 18.6 Å². The predicted molar refractivity (Wildman–Crippen MR) is 81.7 cm³/mol. The van der Waals surface area contributed by atoms with Gasteiger partial charge in [-0.2, -0.15) is 8.78 Å². The molecular weight excluding hydrogens is 323 g/mol. The van der Waals surface area contributed by atoms with Gasteiger partial charge in [0.25, 0.3) is 5.91 Å². The second-order valence-corrected chi connectivity index (χ2v) is 5.01. The van der Waals surface area contributed by atoms with E-state index in [0.717, 1.165) is 6.07 Å². The third kappa shape index (κ3) is 5.19. The van der Waals surface area contributed by atoms with E-state index in [9.17, 15) is 18.0 Å². The summed E-state index contributed by atoms with van der Waals surface area (Å²) < 4.78 is 50.5. The molecule has 0 radical (unpaired) electrons. The van der Waals surface area contributed by atoms with E-state index in [1.54, 1.807) is 0 Å². The van der Waals surface area contributed by atoms with Crippen molar-refractivity contribution in [2.75, 3.05) is 6.61 Å². The molecule has 2 aromatic rings. The number of nitrogens with two attached hydrogens (primary N) is 1. The van der Waals surface area contributed by atoms with Crippen LogP contribution in [0.15, 0.2) is 48.5 Å². The van der Waals surface area contributed by atoms with Crippen LogP contribution in [0.4, 0.5) is 13.2 Å². The first kappa shape index (κ1) is 17.7. The van der Waals surface area contributed by atoms with Crippen molar-refractivity contribution in [2.24, 2.45) is 5.73 Å².